The van der Waals surface area contributed by atoms with Crippen molar-refractivity contribution in [3.8, 4) is 23.1 Å². The van der Waals surface area contributed by atoms with Crippen molar-refractivity contribution in [2.24, 2.45) is 0 Å². The summed E-state index contributed by atoms with van der Waals surface area (Å²) in [5.74, 6) is -0.894. The first kappa shape index (κ1) is 19.5. The summed E-state index contributed by atoms with van der Waals surface area (Å²) in [6, 6.07) is 13.3. The van der Waals surface area contributed by atoms with Crippen molar-refractivity contribution in [2.75, 3.05) is 7.11 Å². The molecule has 154 valence electrons. The normalized spacial score (nSPS) is 11.3. The van der Waals surface area contributed by atoms with Crippen LogP contribution in [0, 0.1) is 0 Å². The standard InChI is InChI=1S/C22H17F2NO5/c1-29-20-15-5-3-2-4-14(15)19(30-22(23)24)16-11-25(21(28)18(16)20)13-8-6-12(7-9-13)10-17(26)27/h2-9,11,22,28H,10H2,1H3,(H,26,27). The molecule has 0 saturated carbocycles. The third-order valence-corrected chi connectivity index (χ3v) is 4.85. The molecule has 8 heteroatoms. The summed E-state index contributed by atoms with van der Waals surface area (Å²) in [6.45, 7) is -3.05. The molecular weight excluding hydrogens is 396 g/mol. The quantitative estimate of drug-likeness (QED) is 0.478. The van der Waals surface area contributed by atoms with Crippen LogP contribution >= 0.6 is 0 Å². The maximum atomic E-state index is 13.2. The molecule has 0 atom stereocenters. The number of hydrogen-bond donors (Lipinski definition) is 2. The van der Waals surface area contributed by atoms with Gasteiger partial charge in [-0.3, -0.25) is 9.36 Å². The molecule has 0 radical (unpaired) electrons. The predicted molar refractivity (Wildman–Crippen MR) is 107 cm³/mol. The maximum absolute atomic E-state index is 13.2. The zero-order valence-electron chi connectivity index (χ0n) is 15.8. The van der Waals surface area contributed by atoms with Gasteiger partial charge in [-0.15, -0.1) is 0 Å². The second-order valence-corrected chi connectivity index (χ2v) is 6.63. The Balaban J connectivity index is 1.98. The number of aliphatic carboxylic acids is 1. The van der Waals surface area contributed by atoms with Crippen LogP contribution in [-0.2, 0) is 11.2 Å². The Morgan fingerprint density at radius 2 is 1.67 bits per heavy atom. The lowest BCUT2D eigenvalue weighted by Gasteiger charge is -2.13. The van der Waals surface area contributed by atoms with E-state index >= 15 is 0 Å². The molecule has 0 spiro atoms. The highest BCUT2D eigenvalue weighted by atomic mass is 19.3. The number of halogens is 2. The molecule has 0 fully saturated rings. The molecule has 0 saturated heterocycles. The molecule has 0 bridgehead atoms. The minimum Gasteiger partial charge on any atom is -0.495 e. The van der Waals surface area contributed by atoms with Crippen LogP contribution in [0.3, 0.4) is 0 Å². The van der Waals surface area contributed by atoms with Crippen molar-refractivity contribution in [3.05, 3.63) is 60.3 Å². The van der Waals surface area contributed by atoms with Gasteiger partial charge in [-0.2, -0.15) is 8.78 Å². The van der Waals surface area contributed by atoms with E-state index in [4.69, 9.17) is 14.6 Å². The van der Waals surface area contributed by atoms with Crippen LogP contribution in [-0.4, -0.2) is 34.5 Å². The molecule has 2 N–H and O–H groups in total. The highest BCUT2D eigenvalue weighted by Crippen LogP contribution is 2.48. The lowest BCUT2D eigenvalue weighted by molar-refractivity contribution is -0.136. The minimum absolute atomic E-state index is 0.0621. The number of aromatic hydroxyl groups is 1. The van der Waals surface area contributed by atoms with Crippen molar-refractivity contribution in [1.29, 1.82) is 0 Å². The minimum atomic E-state index is -3.05. The maximum Gasteiger partial charge on any atom is 0.387 e. The molecule has 0 unspecified atom stereocenters. The summed E-state index contributed by atoms with van der Waals surface area (Å²) in [5, 5.41) is 21.3. The van der Waals surface area contributed by atoms with Gasteiger partial charge in [0.25, 0.3) is 0 Å². The number of carbonyl (C=O) groups is 1. The lowest BCUT2D eigenvalue weighted by atomic mass is 10.0. The van der Waals surface area contributed by atoms with E-state index in [1.165, 1.54) is 17.9 Å². The number of hydrogen-bond acceptors (Lipinski definition) is 4. The van der Waals surface area contributed by atoms with Crippen LogP contribution in [0.1, 0.15) is 5.56 Å². The van der Waals surface area contributed by atoms with E-state index in [0.717, 1.165) is 0 Å². The summed E-state index contributed by atoms with van der Waals surface area (Å²) in [4.78, 5) is 10.9. The number of nitrogens with zero attached hydrogens (tertiary/aromatic N) is 1. The number of carboxylic acid groups (broad SMARTS) is 1. The summed E-state index contributed by atoms with van der Waals surface area (Å²) >= 11 is 0. The molecule has 3 aromatic carbocycles. The fraction of sp³-hybridized carbons (Fsp3) is 0.136. The Bertz CT molecular complexity index is 1250. The second kappa shape index (κ2) is 7.55. The first-order valence-corrected chi connectivity index (χ1v) is 8.99. The molecule has 6 nitrogen and oxygen atoms in total. The Labute approximate surface area is 169 Å². The number of ether oxygens (including phenoxy) is 2. The van der Waals surface area contributed by atoms with Crippen LogP contribution in [0.15, 0.2) is 54.7 Å². The molecule has 4 rings (SSSR count). The largest absolute Gasteiger partial charge is 0.495 e. The van der Waals surface area contributed by atoms with Gasteiger partial charge >= 0.3 is 12.6 Å². The van der Waals surface area contributed by atoms with Gasteiger partial charge in [0.2, 0.25) is 5.88 Å². The van der Waals surface area contributed by atoms with E-state index in [0.29, 0.717) is 27.8 Å². The molecular formula is C22H17F2NO5. The van der Waals surface area contributed by atoms with E-state index in [9.17, 15) is 18.7 Å². The number of rotatable bonds is 6. The van der Waals surface area contributed by atoms with Crippen LogP contribution < -0.4 is 9.47 Å². The zero-order valence-corrected chi connectivity index (χ0v) is 15.8. The van der Waals surface area contributed by atoms with Crippen molar-refractivity contribution in [2.45, 2.75) is 13.0 Å². The summed E-state index contributed by atoms with van der Waals surface area (Å²) in [6.07, 6.45) is 1.36. The molecule has 4 aromatic rings. The number of methoxy groups -OCH3 is 1. The van der Waals surface area contributed by atoms with E-state index in [1.807, 2.05) is 0 Å². The smallest absolute Gasteiger partial charge is 0.387 e. The highest BCUT2D eigenvalue weighted by Gasteiger charge is 2.24. The van der Waals surface area contributed by atoms with Crippen LogP contribution in [0.5, 0.6) is 17.4 Å². The van der Waals surface area contributed by atoms with E-state index in [1.54, 1.807) is 48.5 Å². The van der Waals surface area contributed by atoms with Gasteiger partial charge in [-0.05, 0) is 17.7 Å². The number of fused-ring (bicyclic) bond motifs is 2. The van der Waals surface area contributed by atoms with Crippen LogP contribution in [0.2, 0.25) is 0 Å². The first-order valence-electron chi connectivity index (χ1n) is 8.99. The van der Waals surface area contributed by atoms with Gasteiger partial charge in [-0.25, -0.2) is 0 Å². The van der Waals surface area contributed by atoms with E-state index in [2.05, 4.69) is 0 Å². The topological polar surface area (TPSA) is 80.9 Å². The van der Waals surface area contributed by atoms with Gasteiger partial charge in [0.15, 0.2) is 0 Å². The third-order valence-electron chi connectivity index (χ3n) is 4.85. The Hall–Kier alpha value is -3.81. The molecule has 0 amide bonds. The van der Waals surface area contributed by atoms with Crippen molar-refractivity contribution in [1.82, 2.24) is 4.57 Å². The van der Waals surface area contributed by atoms with Gasteiger partial charge < -0.3 is 19.7 Å². The van der Waals surface area contributed by atoms with E-state index in [-0.39, 0.29) is 28.8 Å². The first-order chi connectivity index (χ1) is 14.4. The van der Waals surface area contributed by atoms with E-state index < -0.39 is 12.6 Å². The number of carboxylic acids is 1. The molecule has 0 aliphatic heterocycles. The van der Waals surface area contributed by atoms with Gasteiger partial charge in [0.1, 0.15) is 11.5 Å². The Morgan fingerprint density at radius 3 is 2.23 bits per heavy atom. The van der Waals surface area contributed by atoms with Crippen LogP contribution in [0.25, 0.3) is 27.2 Å². The van der Waals surface area contributed by atoms with Gasteiger partial charge in [0.05, 0.1) is 24.3 Å². The molecule has 30 heavy (non-hydrogen) atoms. The third kappa shape index (κ3) is 3.26. The van der Waals surface area contributed by atoms with Crippen molar-refractivity contribution < 1.29 is 33.3 Å². The molecule has 1 aromatic heterocycles. The Morgan fingerprint density at radius 1 is 1.03 bits per heavy atom. The summed E-state index contributed by atoms with van der Waals surface area (Å²) in [5.41, 5.74) is 1.11. The lowest BCUT2D eigenvalue weighted by Crippen LogP contribution is -2.03. The fourth-order valence-corrected chi connectivity index (χ4v) is 3.62. The average molecular weight is 413 g/mol. The predicted octanol–water partition coefficient (Wildman–Crippen LogP) is 4.73. The SMILES string of the molecule is COc1c2ccccc2c(OC(F)F)c2cn(-c3ccc(CC(=O)O)cc3)c(O)c12. The monoisotopic (exact) mass is 413 g/mol. The van der Waals surface area contributed by atoms with Crippen molar-refractivity contribution in [3.63, 3.8) is 0 Å². The summed E-state index contributed by atoms with van der Waals surface area (Å²) < 4.78 is 38.1. The van der Waals surface area contributed by atoms with Gasteiger partial charge in [-0.1, -0.05) is 36.4 Å². The van der Waals surface area contributed by atoms with Gasteiger partial charge in [0, 0.05) is 22.7 Å². The number of alkyl halides is 2. The number of aromatic nitrogens is 1. The molecule has 0 aliphatic carbocycles. The fourth-order valence-electron chi connectivity index (χ4n) is 3.62. The number of benzene rings is 3. The highest BCUT2D eigenvalue weighted by molar-refractivity contribution is 6.13. The second-order valence-electron chi connectivity index (χ2n) is 6.63. The van der Waals surface area contributed by atoms with Crippen LogP contribution in [0.4, 0.5) is 8.78 Å². The average Bonchev–Trinajstić information content (AvgIpc) is 3.05. The Kier molecular flexibility index (Phi) is 4.91. The van der Waals surface area contributed by atoms with Crippen molar-refractivity contribution >= 4 is 27.5 Å². The summed E-state index contributed by atoms with van der Waals surface area (Å²) in [7, 11) is 1.44. The molecule has 0 aliphatic rings. The molecule has 1 heterocycles. The zero-order chi connectivity index (χ0) is 21.4.